The standard InChI is InChI=1S/C25H31N7O2/c1-25(2,3)24(34)31-12-10-16-14-28-19(13-17(16)15-31)23(33)30-21-9-6-7-18(29-21)22(27)32-11-5-4-8-20(32)26/h6-7,9,13-14,26-27H,4-5,8,10-12,15H2,1-3H3,(H,29,30,33). The number of hydrogen-bond donors (Lipinski definition) is 3. The van der Waals surface area contributed by atoms with Gasteiger partial charge in [-0.05, 0) is 48.6 Å². The summed E-state index contributed by atoms with van der Waals surface area (Å²) in [6, 6.07) is 6.85. The van der Waals surface area contributed by atoms with Gasteiger partial charge in [0.1, 0.15) is 23.0 Å². The van der Waals surface area contributed by atoms with E-state index in [0.29, 0.717) is 49.8 Å². The topological polar surface area (TPSA) is 126 Å². The van der Waals surface area contributed by atoms with Gasteiger partial charge in [-0.1, -0.05) is 26.8 Å². The number of pyridine rings is 2. The maximum Gasteiger partial charge on any atom is 0.275 e. The first-order chi connectivity index (χ1) is 16.1. The fraction of sp³-hybridized carbons (Fsp3) is 0.440. The van der Waals surface area contributed by atoms with Gasteiger partial charge in [-0.2, -0.15) is 0 Å². The molecule has 0 spiro atoms. The lowest BCUT2D eigenvalue weighted by Gasteiger charge is -2.33. The summed E-state index contributed by atoms with van der Waals surface area (Å²) in [4.78, 5) is 37.9. The molecule has 2 aromatic rings. The van der Waals surface area contributed by atoms with Crippen LogP contribution in [0.3, 0.4) is 0 Å². The van der Waals surface area contributed by atoms with E-state index in [1.807, 2.05) is 25.7 Å². The average molecular weight is 462 g/mol. The van der Waals surface area contributed by atoms with Gasteiger partial charge in [-0.3, -0.25) is 25.4 Å². The van der Waals surface area contributed by atoms with Crippen LogP contribution in [0.1, 0.15) is 67.3 Å². The third kappa shape index (κ3) is 4.98. The molecule has 0 radical (unpaired) electrons. The number of amidine groups is 2. The van der Waals surface area contributed by atoms with Crippen molar-refractivity contribution in [3.63, 3.8) is 0 Å². The molecular formula is C25H31N7O2. The highest BCUT2D eigenvalue weighted by atomic mass is 16.2. The second-order valence-electron chi connectivity index (χ2n) is 9.83. The molecule has 0 aromatic carbocycles. The van der Waals surface area contributed by atoms with E-state index in [4.69, 9.17) is 10.8 Å². The number of piperidine rings is 1. The number of hydrogen-bond acceptors (Lipinski definition) is 6. The lowest BCUT2D eigenvalue weighted by atomic mass is 9.92. The summed E-state index contributed by atoms with van der Waals surface area (Å²) in [6.07, 6.45) is 4.97. The summed E-state index contributed by atoms with van der Waals surface area (Å²) < 4.78 is 0. The second kappa shape index (κ2) is 9.32. The zero-order valence-corrected chi connectivity index (χ0v) is 19.9. The van der Waals surface area contributed by atoms with Crippen LogP contribution in [0.15, 0.2) is 30.5 Å². The molecule has 9 heteroatoms. The van der Waals surface area contributed by atoms with Crippen LogP contribution in [0.25, 0.3) is 0 Å². The van der Waals surface area contributed by atoms with E-state index in [-0.39, 0.29) is 17.4 Å². The smallest absolute Gasteiger partial charge is 0.275 e. The van der Waals surface area contributed by atoms with Crippen molar-refractivity contribution >= 4 is 29.3 Å². The van der Waals surface area contributed by atoms with Crippen molar-refractivity contribution in [3.05, 3.63) is 53.0 Å². The number of aromatic nitrogens is 2. The van der Waals surface area contributed by atoms with Crippen LogP contribution in [0.2, 0.25) is 0 Å². The van der Waals surface area contributed by atoms with Crippen molar-refractivity contribution in [1.29, 1.82) is 10.8 Å². The summed E-state index contributed by atoms with van der Waals surface area (Å²) in [7, 11) is 0. The van der Waals surface area contributed by atoms with Crippen LogP contribution in [0.4, 0.5) is 5.82 Å². The Bertz CT molecular complexity index is 1150. The highest BCUT2D eigenvalue weighted by Gasteiger charge is 2.30. The quantitative estimate of drug-likeness (QED) is 0.477. The number of fused-ring (bicyclic) bond motifs is 1. The fourth-order valence-corrected chi connectivity index (χ4v) is 4.24. The minimum Gasteiger partial charge on any atom is -0.338 e. The molecule has 0 saturated carbocycles. The third-order valence-corrected chi connectivity index (χ3v) is 6.13. The Morgan fingerprint density at radius 3 is 2.59 bits per heavy atom. The summed E-state index contributed by atoms with van der Waals surface area (Å²) in [5.41, 5.74) is 2.17. The zero-order valence-electron chi connectivity index (χ0n) is 19.9. The van der Waals surface area contributed by atoms with Crippen LogP contribution in [-0.2, 0) is 17.8 Å². The SMILES string of the molecule is CC(C)(C)C(=O)N1CCc2cnc(C(=O)Nc3cccc(C(=N)N4CCCCC4=N)n3)cc2C1. The van der Waals surface area contributed by atoms with E-state index >= 15 is 0 Å². The molecule has 178 valence electrons. The van der Waals surface area contributed by atoms with Gasteiger partial charge < -0.3 is 15.1 Å². The maximum atomic E-state index is 12.9. The van der Waals surface area contributed by atoms with Gasteiger partial charge in [0.05, 0.1) is 0 Å². The Balaban J connectivity index is 1.48. The summed E-state index contributed by atoms with van der Waals surface area (Å²) in [6.45, 7) is 7.46. The molecule has 3 N–H and O–H groups in total. The molecule has 34 heavy (non-hydrogen) atoms. The first-order valence-corrected chi connectivity index (χ1v) is 11.6. The Morgan fingerprint density at radius 2 is 1.85 bits per heavy atom. The molecular weight excluding hydrogens is 430 g/mol. The highest BCUT2D eigenvalue weighted by Crippen LogP contribution is 2.25. The number of carbonyl (C=O) groups excluding carboxylic acids is 2. The van der Waals surface area contributed by atoms with Gasteiger partial charge in [-0.15, -0.1) is 0 Å². The summed E-state index contributed by atoms with van der Waals surface area (Å²) in [5.74, 6) is 0.594. The Labute approximate surface area is 199 Å². The minimum atomic E-state index is -0.457. The van der Waals surface area contributed by atoms with Crippen molar-refractivity contribution in [1.82, 2.24) is 19.8 Å². The molecule has 2 aliphatic rings. The average Bonchev–Trinajstić information content (AvgIpc) is 2.82. The monoisotopic (exact) mass is 461 g/mol. The number of rotatable bonds is 3. The molecule has 4 heterocycles. The van der Waals surface area contributed by atoms with Crippen LogP contribution in [0, 0.1) is 16.2 Å². The first kappa shape index (κ1) is 23.5. The van der Waals surface area contributed by atoms with Gasteiger partial charge in [0.25, 0.3) is 5.91 Å². The van der Waals surface area contributed by atoms with Crippen LogP contribution in [-0.4, -0.2) is 56.3 Å². The molecule has 2 amide bonds. The normalized spacial score (nSPS) is 16.1. The van der Waals surface area contributed by atoms with Gasteiger partial charge in [-0.25, -0.2) is 4.98 Å². The molecule has 0 unspecified atom stereocenters. The van der Waals surface area contributed by atoms with Crippen molar-refractivity contribution in [2.75, 3.05) is 18.4 Å². The fourth-order valence-electron chi connectivity index (χ4n) is 4.24. The van der Waals surface area contributed by atoms with Gasteiger partial charge in [0, 0.05) is 37.7 Å². The van der Waals surface area contributed by atoms with Crippen LogP contribution >= 0.6 is 0 Å². The Hall–Kier alpha value is -3.62. The third-order valence-electron chi connectivity index (χ3n) is 6.13. The number of amides is 2. The molecule has 1 saturated heterocycles. The van der Waals surface area contributed by atoms with Crippen molar-refractivity contribution in [2.24, 2.45) is 5.41 Å². The minimum absolute atomic E-state index is 0.0891. The van der Waals surface area contributed by atoms with E-state index < -0.39 is 11.3 Å². The molecule has 9 nitrogen and oxygen atoms in total. The predicted octanol–water partition coefficient (Wildman–Crippen LogP) is 3.45. The summed E-state index contributed by atoms with van der Waals surface area (Å²) >= 11 is 0. The number of nitrogens with one attached hydrogen (secondary N) is 3. The second-order valence-corrected chi connectivity index (χ2v) is 9.83. The molecule has 1 fully saturated rings. The Morgan fingerprint density at radius 1 is 1.06 bits per heavy atom. The maximum absolute atomic E-state index is 12.9. The zero-order chi connectivity index (χ0) is 24.5. The van der Waals surface area contributed by atoms with Crippen molar-refractivity contribution in [2.45, 2.75) is 53.0 Å². The Kier molecular flexibility index (Phi) is 6.45. The van der Waals surface area contributed by atoms with Crippen LogP contribution < -0.4 is 5.32 Å². The largest absolute Gasteiger partial charge is 0.338 e. The first-order valence-electron chi connectivity index (χ1n) is 11.6. The van der Waals surface area contributed by atoms with Gasteiger partial charge >= 0.3 is 0 Å². The molecule has 0 atom stereocenters. The van der Waals surface area contributed by atoms with Crippen LogP contribution in [0.5, 0.6) is 0 Å². The molecule has 4 rings (SSSR count). The number of carbonyl (C=O) groups is 2. The van der Waals surface area contributed by atoms with E-state index in [1.54, 1.807) is 35.4 Å². The van der Waals surface area contributed by atoms with Crippen molar-refractivity contribution < 1.29 is 9.59 Å². The lowest BCUT2D eigenvalue weighted by molar-refractivity contribution is -0.140. The van der Waals surface area contributed by atoms with Gasteiger partial charge in [0.15, 0.2) is 5.84 Å². The number of likely N-dealkylation sites (tertiary alicyclic amines) is 1. The summed E-state index contributed by atoms with van der Waals surface area (Å²) in [5, 5.41) is 19.3. The molecule has 2 aromatic heterocycles. The molecule has 0 aliphatic carbocycles. The lowest BCUT2D eigenvalue weighted by Crippen LogP contribution is -2.42. The van der Waals surface area contributed by atoms with E-state index in [1.165, 1.54) is 0 Å². The number of nitrogens with zero attached hydrogens (tertiary/aromatic N) is 4. The van der Waals surface area contributed by atoms with Crippen molar-refractivity contribution in [3.8, 4) is 0 Å². The van der Waals surface area contributed by atoms with E-state index in [9.17, 15) is 9.59 Å². The van der Waals surface area contributed by atoms with E-state index in [2.05, 4.69) is 15.3 Å². The molecule has 0 bridgehead atoms. The predicted molar refractivity (Wildman–Crippen MR) is 130 cm³/mol. The van der Waals surface area contributed by atoms with E-state index in [0.717, 1.165) is 24.0 Å². The molecule has 2 aliphatic heterocycles. The highest BCUT2D eigenvalue weighted by molar-refractivity contribution is 6.07. The van der Waals surface area contributed by atoms with Gasteiger partial charge in [0.2, 0.25) is 5.91 Å². The number of anilines is 1.